The van der Waals surface area contributed by atoms with Crippen molar-refractivity contribution in [3.8, 4) is 5.75 Å². The van der Waals surface area contributed by atoms with Crippen molar-refractivity contribution in [2.24, 2.45) is 0 Å². The van der Waals surface area contributed by atoms with Crippen LogP contribution in [0.3, 0.4) is 0 Å². The number of carbonyl (C=O) groups is 3. The summed E-state index contributed by atoms with van der Waals surface area (Å²) in [5.74, 6) is 0.472. The minimum absolute atomic E-state index is 0.109. The molecule has 2 aliphatic heterocycles. The third kappa shape index (κ3) is 6.68. The molecule has 0 aliphatic carbocycles. The molecule has 0 radical (unpaired) electrons. The molecule has 9 nitrogen and oxygen atoms in total. The second-order valence-electron chi connectivity index (χ2n) is 9.97. The molecule has 2 fully saturated rings. The maximum Gasteiger partial charge on any atom is 0.410 e. The minimum atomic E-state index is -0.536. The Balaban J connectivity index is 1.22. The Morgan fingerprint density at radius 3 is 2.17 bits per heavy atom. The van der Waals surface area contributed by atoms with Crippen LogP contribution in [0.1, 0.15) is 36.7 Å². The molecule has 2 aliphatic rings. The SMILES string of the molecule is CC(C)(C)OC(=O)N1CC(Oc2cccc(C(=O)N3CCN(C(=O)OCc4ccccc4)CC3)c2)C1. The average Bonchev–Trinajstić information content (AvgIpc) is 2.84. The Labute approximate surface area is 211 Å². The van der Waals surface area contributed by atoms with E-state index in [1.807, 2.05) is 51.1 Å². The number of rotatable bonds is 5. The normalized spacial score (nSPS) is 16.2. The van der Waals surface area contributed by atoms with E-state index in [-0.39, 0.29) is 30.8 Å². The molecule has 0 atom stereocenters. The Morgan fingerprint density at radius 2 is 1.50 bits per heavy atom. The van der Waals surface area contributed by atoms with Crippen molar-refractivity contribution in [2.45, 2.75) is 39.1 Å². The zero-order valence-corrected chi connectivity index (χ0v) is 21.0. The second kappa shape index (κ2) is 10.9. The molecule has 0 N–H and O–H groups in total. The molecule has 3 amide bonds. The number of nitrogens with zero attached hydrogens (tertiary/aromatic N) is 3. The van der Waals surface area contributed by atoms with Gasteiger partial charge < -0.3 is 28.9 Å². The van der Waals surface area contributed by atoms with Gasteiger partial charge >= 0.3 is 12.2 Å². The van der Waals surface area contributed by atoms with Gasteiger partial charge in [0, 0.05) is 31.7 Å². The lowest BCUT2D eigenvalue weighted by molar-refractivity contribution is -0.0221. The molecule has 4 rings (SSSR count). The van der Waals surface area contributed by atoms with Gasteiger partial charge in [0.25, 0.3) is 5.91 Å². The molecule has 9 heteroatoms. The standard InChI is InChI=1S/C27H33N3O6/c1-27(2,3)36-26(33)30-17-23(18-30)35-22-11-7-10-21(16-22)24(31)28-12-14-29(15-13-28)25(32)34-19-20-8-5-4-6-9-20/h4-11,16,23H,12-15,17-19H2,1-3H3. The molecule has 36 heavy (non-hydrogen) atoms. The Hall–Kier alpha value is -3.75. The summed E-state index contributed by atoms with van der Waals surface area (Å²) in [5, 5.41) is 0. The molecule has 2 saturated heterocycles. The van der Waals surface area contributed by atoms with E-state index in [0.717, 1.165) is 5.56 Å². The average molecular weight is 496 g/mol. The van der Waals surface area contributed by atoms with Crippen molar-refractivity contribution in [1.29, 1.82) is 0 Å². The van der Waals surface area contributed by atoms with Crippen LogP contribution >= 0.6 is 0 Å². The summed E-state index contributed by atoms with van der Waals surface area (Å²) < 4.78 is 16.7. The van der Waals surface area contributed by atoms with Gasteiger partial charge in [0.1, 0.15) is 24.1 Å². The summed E-state index contributed by atoms with van der Waals surface area (Å²) >= 11 is 0. The third-order valence-electron chi connectivity index (χ3n) is 5.91. The highest BCUT2D eigenvalue weighted by Gasteiger charge is 2.35. The van der Waals surface area contributed by atoms with Gasteiger partial charge in [-0.2, -0.15) is 0 Å². The van der Waals surface area contributed by atoms with Crippen molar-refractivity contribution < 1.29 is 28.6 Å². The van der Waals surface area contributed by atoms with E-state index in [1.165, 1.54) is 0 Å². The van der Waals surface area contributed by atoms with Crippen molar-refractivity contribution in [3.63, 3.8) is 0 Å². The fourth-order valence-corrected chi connectivity index (χ4v) is 3.97. The first-order valence-electron chi connectivity index (χ1n) is 12.2. The molecule has 0 spiro atoms. The first-order valence-corrected chi connectivity index (χ1v) is 12.2. The number of carbonyl (C=O) groups excluding carboxylic acids is 3. The van der Waals surface area contributed by atoms with Crippen LogP contribution in [0.15, 0.2) is 54.6 Å². The predicted molar refractivity (Wildman–Crippen MR) is 133 cm³/mol. The highest BCUT2D eigenvalue weighted by molar-refractivity contribution is 5.94. The molecule has 2 heterocycles. The topological polar surface area (TPSA) is 88.6 Å². The molecular weight excluding hydrogens is 462 g/mol. The van der Waals surface area contributed by atoms with Crippen LogP contribution in [0.5, 0.6) is 5.75 Å². The fraction of sp³-hybridized carbons (Fsp3) is 0.444. The Morgan fingerprint density at radius 1 is 0.833 bits per heavy atom. The van der Waals surface area contributed by atoms with E-state index in [9.17, 15) is 14.4 Å². The van der Waals surface area contributed by atoms with Crippen molar-refractivity contribution >= 4 is 18.1 Å². The van der Waals surface area contributed by atoms with E-state index in [4.69, 9.17) is 14.2 Å². The summed E-state index contributed by atoms with van der Waals surface area (Å²) in [5.41, 5.74) is 0.920. The van der Waals surface area contributed by atoms with Gasteiger partial charge in [-0.15, -0.1) is 0 Å². The summed E-state index contributed by atoms with van der Waals surface area (Å²) in [6, 6.07) is 16.6. The largest absolute Gasteiger partial charge is 0.487 e. The van der Waals surface area contributed by atoms with E-state index in [1.54, 1.807) is 39.0 Å². The summed E-state index contributed by atoms with van der Waals surface area (Å²) in [6.07, 6.45) is -0.870. The van der Waals surface area contributed by atoms with Gasteiger partial charge in [0.15, 0.2) is 0 Å². The maximum absolute atomic E-state index is 13.0. The van der Waals surface area contributed by atoms with Crippen molar-refractivity contribution in [3.05, 3.63) is 65.7 Å². The van der Waals surface area contributed by atoms with Crippen LogP contribution in [0.2, 0.25) is 0 Å². The fourth-order valence-electron chi connectivity index (χ4n) is 3.97. The highest BCUT2D eigenvalue weighted by Crippen LogP contribution is 2.22. The molecule has 192 valence electrons. The molecular formula is C27H33N3O6. The quantitative estimate of drug-likeness (QED) is 0.627. The highest BCUT2D eigenvalue weighted by atomic mass is 16.6. The van der Waals surface area contributed by atoms with Crippen molar-refractivity contribution in [2.75, 3.05) is 39.3 Å². The first-order chi connectivity index (χ1) is 17.2. The number of hydrogen-bond acceptors (Lipinski definition) is 6. The van der Waals surface area contributed by atoms with E-state index in [2.05, 4.69) is 0 Å². The second-order valence-corrected chi connectivity index (χ2v) is 9.97. The van der Waals surface area contributed by atoms with Gasteiger partial charge in [-0.25, -0.2) is 9.59 Å². The summed E-state index contributed by atoms with van der Waals surface area (Å²) in [4.78, 5) is 42.5. The Bertz CT molecular complexity index is 1070. The van der Waals surface area contributed by atoms with Gasteiger partial charge in [-0.3, -0.25) is 4.79 Å². The van der Waals surface area contributed by atoms with Crippen LogP contribution < -0.4 is 4.74 Å². The lowest BCUT2D eigenvalue weighted by Crippen LogP contribution is -2.57. The molecule has 0 saturated carbocycles. The monoisotopic (exact) mass is 495 g/mol. The Kier molecular flexibility index (Phi) is 7.67. The van der Waals surface area contributed by atoms with Gasteiger partial charge in [-0.1, -0.05) is 36.4 Å². The van der Waals surface area contributed by atoms with E-state index < -0.39 is 5.60 Å². The number of piperazine rings is 1. The smallest absolute Gasteiger partial charge is 0.410 e. The number of amides is 3. The lowest BCUT2D eigenvalue weighted by atomic mass is 10.1. The van der Waals surface area contributed by atoms with Crippen molar-refractivity contribution in [1.82, 2.24) is 14.7 Å². The van der Waals surface area contributed by atoms with Gasteiger partial charge in [0.2, 0.25) is 0 Å². The molecule has 0 unspecified atom stereocenters. The van der Waals surface area contributed by atoms with Crippen LogP contribution in [-0.2, 0) is 16.1 Å². The molecule has 0 aromatic heterocycles. The zero-order valence-electron chi connectivity index (χ0n) is 21.0. The van der Waals surface area contributed by atoms with Crippen LogP contribution in [0.25, 0.3) is 0 Å². The number of ether oxygens (including phenoxy) is 3. The van der Waals surface area contributed by atoms with Crippen LogP contribution in [0.4, 0.5) is 9.59 Å². The minimum Gasteiger partial charge on any atom is -0.487 e. The number of hydrogen-bond donors (Lipinski definition) is 0. The number of benzene rings is 2. The van der Waals surface area contributed by atoms with Gasteiger partial charge in [-0.05, 0) is 44.5 Å². The maximum atomic E-state index is 13.0. The summed E-state index contributed by atoms with van der Waals surface area (Å²) in [7, 11) is 0. The number of likely N-dealkylation sites (tertiary alicyclic amines) is 1. The third-order valence-corrected chi connectivity index (χ3v) is 5.91. The van der Waals surface area contributed by atoms with Crippen LogP contribution in [-0.4, -0.2) is 83.8 Å². The van der Waals surface area contributed by atoms with Crippen LogP contribution in [0, 0.1) is 0 Å². The van der Waals surface area contributed by atoms with E-state index >= 15 is 0 Å². The predicted octanol–water partition coefficient (Wildman–Crippen LogP) is 3.78. The zero-order chi connectivity index (χ0) is 25.7. The molecule has 2 aromatic rings. The summed E-state index contributed by atoms with van der Waals surface area (Å²) in [6.45, 7) is 8.29. The molecule has 0 bridgehead atoms. The van der Waals surface area contributed by atoms with Gasteiger partial charge in [0.05, 0.1) is 13.1 Å². The first kappa shape index (κ1) is 25.3. The van der Waals surface area contributed by atoms with E-state index in [0.29, 0.717) is 50.6 Å². The lowest BCUT2D eigenvalue weighted by Gasteiger charge is -2.39. The molecule has 2 aromatic carbocycles.